The van der Waals surface area contributed by atoms with Crippen molar-refractivity contribution in [2.75, 3.05) is 44.2 Å². The number of hydrogen-bond acceptors (Lipinski definition) is 5. The molecule has 1 unspecified atom stereocenters. The van der Waals surface area contributed by atoms with Gasteiger partial charge >= 0.3 is 0 Å². The number of nitrogens with two attached hydrogens (primary N) is 1. The Balaban J connectivity index is 1.96. The molecule has 0 aliphatic carbocycles. The van der Waals surface area contributed by atoms with E-state index in [1.165, 1.54) is 0 Å². The summed E-state index contributed by atoms with van der Waals surface area (Å²) in [6.45, 7) is 7.55. The maximum Gasteiger partial charge on any atom is 0.293 e. The van der Waals surface area contributed by atoms with Gasteiger partial charge in [-0.25, -0.2) is 4.98 Å². The first-order chi connectivity index (χ1) is 9.11. The van der Waals surface area contributed by atoms with Crippen LogP contribution >= 0.6 is 0 Å². The molecule has 2 N–H and O–H groups in total. The molecule has 0 radical (unpaired) electrons. The average Bonchev–Trinajstić information content (AvgIpc) is 2.43. The van der Waals surface area contributed by atoms with Gasteiger partial charge in [-0.05, 0) is 12.5 Å². The van der Waals surface area contributed by atoms with Crippen LogP contribution in [-0.4, -0.2) is 53.7 Å². The van der Waals surface area contributed by atoms with Crippen LogP contribution in [0.5, 0.6) is 0 Å². The van der Waals surface area contributed by atoms with Crippen LogP contribution in [0.15, 0.2) is 17.2 Å². The SMILES string of the molecule is CC(CN)CN1CCN(c2nccn(C)c2=O)CC1. The van der Waals surface area contributed by atoms with Crippen molar-refractivity contribution in [1.29, 1.82) is 0 Å². The lowest BCUT2D eigenvalue weighted by Gasteiger charge is -2.36. The highest BCUT2D eigenvalue weighted by molar-refractivity contribution is 5.36. The Kier molecular flexibility index (Phi) is 4.55. The summed E-state index contributed by atoms with van der Waals surface area (Å²) < 4.78 is 1.57. The van der Waals surface area contributed by atoms with Crippen LogP contribution in [0.1, 0.15) is 6.92 Å². The van der Waals surface area contributed by atoms with Crippen LogP contribution in [0.4, 0.5) is 5.82 Å². The molecule has 6 nitrogen and oxygen atoms in total. The Morgan fingerprint density at radius 3 is 2.68 bits per heavy atom. The number of hydrogen-bond donors (Lipinski definition) is 1. The first kappa shape index (κ1) is 14.0. The molecule has 19 heavy (non-hydrogen) atoms. The Labute approximate surface area is 113 Å². The Bertz CT molecular complexity index is 464. The molecule has 1 aliphatic rings. The van der Waals surface area contributed by atoms with Crippen LogP contribution in [0, 0.1) is 5.92 Å². The van der Waals surface area contributed by atoms with Gasteiger partial charge in [0.05, 0.1) is 0 Å². The van der Waals surface area contributed by atoms with Gasteiger partial charge in [-0.2, -0.15) is 0 Å². The van der Waals surface area contributed by atoms with Crippen molar-refractivity contribution >= 4 is 5.82 Å². The van der Waals surface area contributed by atoms with Crippen molar-refractivity contribution in [3.05, 3.63) is 22.7 Å². The Hall–Kier alpha value is -1.40. The van der Waals surface area contributed by atoms with Crippen LogP contribution in [0.2, 0.25) is 0 Å². The van der Waals surface area contributed by atoms with E-state index in [9.17, 15) is 4.79 Å². The summed E-state index contributed by atoms with van der Waals surface area (Å²) in [6.07, 6.45) is 3.37. The van der Waals surface area contributed by atoms with Crippen LogP contribution in [0.3, 0.4) is 0 Å². The molecule has 1 saturated heterocycles. The second-order valence-corrected chi connectivity index (χ2v) is 5.30. The first-order valence-electron chi connectivity index (χ1n) is 6.81. The zero-order chi connectivity index (χ0) is 13.8. The lowest BCUT2D eigenvalue weighted by molar-refractivity contribution is 0.226. The van der Waals surface area contributed by atoms with Crippen molar-refractivity contribution < 1.29 is 0 Å². The molecule has 0 bridgehead atoms. The lowest BCUT2D eigenvalue weighted by atomic mass is 10.1. The molecule has 6 heteroatoms. The fourth-order valence-electron chi connectivity index (χ4n) is 2.36. The molecule has 1 fully saturated rings. The predicted molar refractivity (Wildman–Crippen MR) is 76.3 cm³/mol. The number of anilines is 1. The summed E-state index contributed by atoms with van der Waals surface area (Å²) in [5.41, 5.74) is 5.63. The molecular weight excluding hydrogens is 242 g/mol. The van der Waals surface area contributed by atoms with Gasteiger partial charge in [0.15, 0.2) is 5.82 Å². The second-order valence-electron chi connectivity index (χ2n) is 5.30. The number of aryl methyl sites for hydroxylation is 1. The third kappa shape index (κ3) is 3.33. The van der Waals surface area contributed by atoms with Gasteiger partial charge in [-0.3, -0.25) is 9.69 Å². The number of rotatable bonds is 4. The van der Waals surface area contributed by atoms with Gasteiger partial charge in [0, 0.05) is 52.2 Å². The molecule has 1 aromatic rings. The minimum absolute atomic E-state index is 0.0220. The first-order valence-corrected chi connectivity index (χ1v) is 6.81. The molecule has 0 spiro atoms. The van der Waals surface area contributed by atoms with E-state index in [2.05, 4.69) is 21.7 Å². The van der Waals surface area contributed by atoms with Crippen LogP contribution in [0.25, 0.3) is 0 Å². The minimum atomic E-state index is -0.0220. The van der Waals surface area contributed by atoms with E-state index < -0.39 is 0 Å². The summed E-state index contributed by atoms with van der Waals surface area (Å²) in [7, 11) is 1.76. The minimum Gasteiger partial charge on any atom is -0.349 e. The maximum atomic E-state index is 12.0. The third-order valence-corrected chi connectivity index (χ3v) is 3.64. The van der Waals surface area contributed by atoms with E-state index in [4.69, 9.17) is 5.73 Å². The third-order valence-electron chi connectivity index (χ3n) is 3.64. The zero-order valence-electron chi connectivity index (χ0n) is 11.7. The summed E-state index contributed by atoms with van der Waals surface area (Å²) in [6, 6.07) is 0. The van der Waals surface area contributed by atoms with Crippen LogP contribution in [-0.2, 0) is 7.05 Å². The second kappa shape index (κ2) is 6.16. The van der Waals surface area contributed by atoms with E-state index in [1.54, 1.807) is 24.0 Å². The molecule has 1 atom stereocenters. The van der Waals surface area contributed by atoms with E-state index in [0.717, 1.165) is 39.3 Å². The highest BCUT2D eigenvalue weighted by Crippen LogP contribution is 2.09. The van der Waals surface area contributed by atoms with Crippen LogP contribution < -0.4 is 16.2 Å². The summed E-state index contributed by atoms with van der Waals surface area (Å²) in [5, 5.41) is 0. The fraction of sp³-hybridized carbons (Fsp3) is 0.692. The molecule has 106 valence electrons. The number of aromatic nitrogens is 2. The molecule has 0 amide bonds. The van der Waals surface area contributed by atoms with E-state index >= 15 is 0 Å². The van der Waals surface area contributed by atoms with Crippen molar-refractivity contribution in [2.24, 2.45) is 18.7 Å². The molecule has 2 rings (SSSR count). The highest BCUT2D eigenvalue weighted by atomic mass is 16.1. The van der Waals surface area contributed by atoms with Crippen molar-refractivity contribution in [3.8, 4) is 0 Å². The van der Waals surface area contributed by atoms with Gasteiger partial charge in [-0.1, -0.05) is 6.92 Å². The Morgan fingerprint density at radius 2 is 2.05 bits per heavy atom. The summed E-state index contributed by atoms with van der Waals surface area (Å²) in [4.78, 5) is 20.7. The predicted octanol–water partition coefficient (Wildman–Crippen LogP) is -0.503. The quantitative estimate of drug-likeness (QED) is 0.795. The van der Waals surface area contributed by atoms with E-state index in [0.29, 0.717) is 11.7 Å². The van der Waals surface area contributed by atoms with Gasteiger partial charge in [0.2, 0.25) is 0 Å². The fourth-order valence-corrected chi connectivity index (χ4v) is 2.36. The van der Waals surface area contributed by atoms with E-state index in [-0.39, 0.29) is 5.56 Å². The zero-order valence-corrected chi connectivity index (χ0v) is 11.7. The normalized spacial score (nSPS) is 18.6. The average molecular weight is 265 g/mol. The standard InChI is InChI=1S/C13H23N5O/c1-11(9-14)10-17-5-7-18(8-6-17)12-13(19)16(2)4-3-15-12/h3-4,11H,5-10,14H2,1-2H3. The van der Waals surface area contributed by atoms with Crippen molar-refractivity contribution in [3.63, 3.8) is 0 Å². The molecule has 1 aliphatic heterocycles. The molecule has 0 aromatic carbocycles. The molecule has 2 heterocycles. The van der Waals surface area contributed by atoms with Gasteiger partial charge in [0.1, 0.15) is 0 Å². The van der Waals surface area contributed by atoms with Gasteiger partial charge in [0.25, 0.3) is 5.56 Å². The number of nitrogens with zero attached hydrogens (tertiary/aromatic N) is 4. The Morgan fingerprint density at radius 1 is 1.37 bits per heavy atom. The van der Waals surface area contributed by atoms with Crippen molar-refractivity contribution in [1.82, 2.24) is 14.5 Å². The highest BCUT2D eigenvalue weighted by Gasteiger charge is 2.21. The molecular formula is C13H23N5O. The summed E-state index contributed by atoms with van der Waals surface area (Å²) in [5.74, 6) is 1.09. The molecule has 0 saturated carbocycles. The topological polar surface area (TPSA) is 67.4 Å². The largest absolute Gasteiger partial charge is 0.349 e. The maximum absolute atomic E-state index is 12.0. The van der Waals surface area contributed by atoms with E-state index in [1.807, 2.05) is 0 Å². The number of piperazine rings is 1. The van der Waals surface area contributed by atoms with Gasteiger partial charge < -0.3 is 15.2 Å². The lowest BCUT2D eigenvalue weighted by Crippen LogP contribution is -2.49. The molecule has 1 aromatic heterocycles. The summed E-state index contributed by atoms with van der Waals surface area (Å²) >= 11 is 0. The van der Waals surface area contributed by atoms with Crippen molar-refractivity contribution in [2.45, 2.75) is 6.92 Å². The monoisotopic (exact) mass is 265 g/mol. The smallest absolute Gasteiger partial charge is 0.293 e. The van der Waals surface area contributed by atoms with Gasteiger partial charge in [-0.15, -0.1) is 0 Å².